The van der Waals surface area contributed by atoms with E-state index in [2.05, 4.69) is 15.9 Å². The summed E-state index contributed by atoms with van der Waals surface area (Å²) in [6, 6.07) is 10.4. The maximum absolute atomic E-state index is 13.4. The summed E-state index contributed by atoms with van der Waals surface area (Å²) in [5, 5.41) is 10.6. The van der Waals surface area contributed by atoms with Gasteiger partial charge in [0.25, 0.3) is 0 Å². The number of rotatable bonds is 2. The molecule has 0 bridgehead atoms. The smallest absolute Gasteiger partial charge is 0.372 e. The molecular formula is C14H9BrClF3O. The second-order valence-corrected chi connectivity index (χ2v) is 5.58. The Kier molecular flexibility index (Phi) is 4.14. The Morgan fingerprint density at radius 2 is 1.55 bits per heavy atom. The molecule has 1 unspecified atom stereocenters. The van der Waals surface area contributed by atoms with Crippen molar-refractivity contribution in [3.8, 4) is 0 Å². The molecule has 0 aliphatic rings. The standard InChI is InChI=1S/C14H9BrClF3O/c15-11-3-1-2-10(8-11)13(20,14(17,18)19)9-4-6-12(16)7-5-9/h1-8,20H. The van der Waals surface area contributed by atoms with Gasteiger partial charge in [0.05, 0.1) is 0 Å². The van der Waals surface area contributed by atoms with E-state index in [9.17, 15) is 18.3 Å². The Morgan fingerprint density at radius 1 is 0.950 bits per heavy atom. The highest BCUT2D eigenvalue weighted by molar-refractivity contribution is 9.10. The van der Waals surface area contributed by atoms with Gasteiger partial charge in [-0.1, -0.05) is 51.8 Å². The number of hydrogen-bond donors (Lipinski definition) is 1. The van der Waals surface area contributed by atoms with Crippen molar-refractivity contribution in [1.82, 2.24) is 0 Å². The predicted octanol–water partition coefficient (Wildman–Crippen LogP) is 4.90. The minimum Gasteiger partial charge on any atom is -0.372 e. The Hall–Kier alpha value is -1.04. The summed E-state index contributed by atoms with van der Waals surface area (Å²) in [6.45, 7) is 0. The third-order valence-electron chi connectivity index (χ3n) is 2.91. The fourth-order valence-corrected chi connectivity index (χ4v) is 2.42. The molecule has 106 valence electrons. The molecule has 0 radical (unpaired) electrons. The molecule has 1 atom stereocenters. The van der Waals surface area contributed by atoms with Gasteiger partial charge in [0.15, 0.2) is 0 Å². The lowest BCUT2D eigenvalue weighted by atomic mass is 9.86. The zero-order chi connectivity index (χ0) is 15.0. The molecule has 1 nitrogen and oxygen atoms in total. The van der Waals surface area contributed by atoms with E-state index in [-0.39, 0.29) is 11.1 Å². The molecule has 0 fully saturated rings. The lowest BCUT2D eigenvalue weighted by Crippen LogP contribution is -2.43. The van der Waals surface area contributed by atoms with Gasteiger partial charge in [-0.25, -0.2) is 0 Å². The number of hydrogen-bond acceptors (Lipinski definition) is 1. The predicted molar refractivity (Wildman–Crippen MR) is 74.6 cm³/mol. The van der Waals surface area contributed by atoms with Crippen molar-refractivity contribution in [2.45, 2.75) is 11.8 Å². The van der Waals surface area contributed by atoms with Crippen molar-refractivity contribution in [2.75, 3.05) is 0 Å². The first-order chi connectivity index (χ1) is 9.25. The molecular weight excluding hydrogens is 357 g/mol. The van der Waals surface area contributed by atoms with Crippen LogP contribution in [0.4, 0.5) is 13.2 Å². The van der Waals surface area contributed by atoms with Crippen molar-refractivity contribution >= 4 is 27.5 Å². The van der Waals surface area contributed by atoms with Crippen LogP contribution < -0.4 is 0 Å². The zero-order valence-electron chi connectivity index (χ0n) is 9.96. The molecule has 0 heterocycles. The number of halogens is 5. The number of benzene rings is 2. The topological polar surface area (TPSA) is 20.2 Å². The summed E-state index contributed by atoms with van der Waals surface area (Å²) >= 11 is 8.78. The van der Waals surface area contributed by atoms with E-state index in [1.54, 1.807) is 6.07 Å². The Bertz CT molecular complexity index is 613. The van der Waals surface area contributed by atoms with Crippen molar-refractivity contribution in [1.29, 1.82) is 0 Å². The van der Waals surface area contributed by atoms with Crippen molar-refractivity contribution < 1.29 is 18.3 Å². The van der Waals surface area contributed by atoms with E-state index in [1.807, 2.05) is 0 Å². The first kappa shape index (κ1) is 15.4. The highest BCUT2D eigenvalue weighted by Crippen LogP contribution is 2.44. The van der Waals surface area contributed by atoms with Crippen molar-refractivity contribution in [3.05, 3.63) is 69.2 Å². The minimum absolute atomic E-state index is 0.262. The molecule has 0 aromatic heterocycles. The lowest BCUT2D eigenvalue weighted by molar-refractivity contribution is -0.248. The third-order valence-corrected chi connectivity index (χ3v) is 3.66. The van der Waals surface area contributed by atoms with Gasteiger partial charge in [0.1, 0.15) is 0 Å². The number of aliphatic hydroxyl groups is 1. The van der Waals surface area contributed by atoms with E-state index in [0.29, 0.717) is 9.50 Å². The van der Waals surface area contributed by atoms with Crippen LogP contribution in [0.25, 0.3) is 0 Å². The summed E-state index contributed by atoms with van der Waals surface area (Å²) in [7, 11) is 0. The SMILES string of the molecule is OC(c1ccc(Cl)cc1)(c1cccc(Br)c1)C(F)(F)F. The molecule has 2 aromatic rings. The van der Waals surface area contributed by atoms with E-state index in [1.165, 1.54) is 30.3 Å². The molecule has 2 rings (SSSR count). The average Bonchev–Trinajstić information content (AvgIpc) is 2.37. The maximum Gasteiger partial charge on any atom is 0.425 e. The second kappa shape index (κ2) is 5.39. The second-order valence-electron chi connectivity index (χ2n) is 4.23. The molecule has 0 amide bonds. The molecule has 0 aliphatic heterocycles. The molecule has 6 heteroatoms. The van der Waals surface area contributed by atoms with Crippen LogP contribution in [0.1, 0.15) is 11.1 Å². The van der Waals surface area contributed by atoms with Crippen molar-refractivity contribution in [2.24, 2.45) is 0 Å². The highest BCUT2D eigenvalue weighted by Gasteiger charge is 2.56. The van der Waals surface area contributed by atoms with Crippen LogP contribution in [0.15, 0.2) is 53.0 Å². The van der Waals surface area contributed by atoms with Gasteiger partial charge in [-0.15, -0.1) is 0 Å². The minimum atomic E-state index is -4.86. The summed E-state index contributed by atoms with van der Waals surface area (Å²) in [5.74, 6) is 0. The summed E-state index contributed by atoms with van der Waals surface area (Å²) < 4.78 is 40.7. The molecule has 0 aliphatic carbocycles. The Morgan fingerprint density at radius 3 is 2.05 bits per heavy atom. The number of alkyl halides is 3. The van der Waals surface area contributed by atoms with Gasteiger partial charge in [-0.3, -0.25) is 0 Å². The molecule has 1 N–H and O–H groups in total. The van der Waals surface area contributed by atoms with Crippen molar-refractivity contribution in [3.63, 3.8) is 0 Å². The van der Waals surface area contributed by atoms with E-state index >= 15 is 0 Å². The monoisotopic (exact) mass is 364 g/mol. The first-order valence-electron chi connectivity index (χ1n) is 5.56. The summed E-state index contributed by atoms with van der Waals surface area (Å²) in [6.07, 6.45) is -4.86. The summed E-state index contributed by atoms with van der Waals surface area (Å²) in [5.41, 5.74) is -3.63. The molecule has 2 aromatic carbocycles. The fraction of sp³-hybridized carbons (Fsp3) is 0.143. The van der Waals surface area contributed by atoms with Gasteiger partial charge < -0.3 is 5.11 Å². The summed E-state index contributed by atoms with van der Waals surface area (Å²) in [4.78, 5) is 0. The van der Waals surface area contributed by atoms with E-state index < -0.39 is 11.8 Å². The van der Waals surface area contributed by atoms with Crippen LogP contribution in [-0.4, -0.2) is 11.3 Å². The van der Waals surface area contributed by atoms with Gasteiger partial charge in [0.2, 0.25) is 5.60 Å². The molecule has 0 saturated heterocycles. The van der Waals surface area contributed by atoms with Gasteiger partial charge >= 0.3 is 6.18 Å². The average molecular weight is 366 g/mol. The Balaban J connectivity index is 2.66. The van der Waals surface area contributed by atoms with Crippen LogP contribution in [0.3, 0.4) is 0 Å². The van der Waals surface area contributed by atoms with Crippen LogP contribution >= 0.6 is 27.5 Å². The van der Waals surface area contributed by atoms with Crippen LogP contribution in [0.2, 0.25) is 5.02 Å². The highest BCUT2D eigenvalue weighted by atomic mass is 79.9. The van der Waals surface area contributed by atoms with Gasteiger partial charge in [-0.05, 0) is 35.4 Å². The normalized spacial score (nSPS) is 14.9. The van der Waals surface area contributed by atoms with E-state index in [0.717, 1.165) is 12.1 Å². The van der Waals surface area contributed by atoms with Gasteiger partial charge in [0, 0.05) is 9.50 Å². The van der Waals surface area contributed by atoms with Crippen LogP contribution in [0.5, 0.6) is 0 Å². The lowest BCUT2D eigenvalue weighted by Gasteiger charge is -2.31. The molecule has 0 saturated carbocycles. The Labute approximate surface area is 127 Å². The fourth-order valence-electron chi connectivity index (χ4n) is 1.90. The largest absolute Gasteiger partial charge is 0.425 e. The molecule has 20 heavy (non-hydrogen) atoms. The van der Waals surface area contributed by atoms with Crippen LogP contribution in [-0.2, 0) is 5.60 Å². The zero-order valence-corrected chi connectivity index (χ0v) is 12.3. The van der Waals surface area contributed by atoms with E-state index in [4.69, 9.17) is 11.6 Å². The van der Waals surface area contributed by atoms with Crippen LogP contribution in [0, 0.1) is 0 Å². The molecule has 0 spiro atoms. The maximum atomic E-state index is 13.4. The quantitative estimate of drug-likeness (QED) is 0.802. The van der Waals surface area contributed by atoms with Gasteiger partial charge in [-0.2, -0.15) is 13.2 Å². The third kappa shape index (κ3) is 2.71. The first-order valence-corrected chi connectivity index (χ1v) is 6.73.